The van der Waals surface area contributed by atoms with Crippen LogP contribution in [0.3, 0.4) is 0 Å². The molecule has 26 heavy (non-hydrogen) atoms. The highest BCUT2D eigenvalue weighted by molar-refractivity contribution is 6.41. The van der Waals surface area contributed by atoms with E-state index in [9.17, 15) is 14.4 Å². The van der Waals surface area contributed by atoms with Crippen molar-refractivity contribution < 1.29 is 14.4 Å². The van der Waals surface area contributed by atoms with Gasteiger partial charge in [-0.25, -0.2) is 0 Å². The molecule has 0 aliphatic carbocycles. The molecule has 1 aromatic carbocycles. The summed E-state index contributed by atoms with van der Waals surface area (Å²) in [5, 5.41) is 7.91. The lowest BCUT2D eigenvalue weighted by Crippen LogP contribution is -2.44. The summed E-state index contributed by atoms with van der Waals surface area (Å²) in [6, 6.07) is 7.45. The molecule has 2 aliphatic heterocycles. The Morgan fingerprint density at radius 2 is 1.58 bits per heavy atom. The van der Waals surface area contributed by atoms with Crippen molar-refractivity contribution >= 4 is 29.1 Å². The van der Waals surface area contributed by atoms with Crippen molar-refractivity contribution in [2.75, 3.05) is 36.4 Å². The van der Waals surface area contributed by atoms with E-state index in [2.05, 4.69) is 20.9 Å². The molecule has 0 radical (unpaired) electrons. The van der Waals surface area contributed by atoms with Crippen molar-refractivity contribution in [1.29, 1.82) is 0 Å². The standard InChI is InChI=1S/C19H26N4O3/c24-17(14-8-10-20-11-9-14)22-19(26)18(25)21-15-4-6-16(7-5-15)23-12-2-1-3-13-23/h4-7,14,20H,1-3,8-13H2,(H,21,25)(H,22,24,26). The number of amides is 3. The number of piperidine rings is 2. The molecule has 1 aromatic rings. The van der Waals surface area contributed by atoms with Gasteiger partial charge in [-0.15, -0.1) is 0 Å². The first-order chi connectivity index (χ1) is 12.6. The monoisotopic (exact) mass is 358 g/mol. The van der Waals surface area contributed by atoms with E-state index in [0.29, 0.717) is 18.5 Å². The average Bonchev–Trinajstić information content (AvgIpc) is 2.70. The first-order valence-corrected chi connectivity index (χ1v) is 9.35. The minimum Gasteiger partial charge on any atom is -0.372 e. The van der Waals surface area contributed by atoms with Crippen LogP contribution >= 0.6 is 0 Å². The van der Waals surface area contributed by atoms with Crippen molar-refractivity contribution in [3.05, 3.63) is 24.3 Å². The molecule has 3 amide bonds. The van der Waals surface area contributed by atoms with E-state index in [1.54, 1.807) is 12.1 Å². The minimum atomic E-state index is -0.909. The number of nitrogens with zero attached hydrogens (tertiary/aromatic N) is 1. The maximum atomic E-state index is 12.0. The van der Waals surface area contributed by atoms with Gasteiger partial charge < -0.3 is 15.5 Å². The van der Waals surface area contributed by atoms with Gasteiger partial charge in [-0.3, -0.25) is 19.7 Å². The maximum absolute atomic E-state index is 12.0. The Morgan fingerprint density at radius 1 is 0.923 bits per heavy atom. The molecular formula is C19H26N4O3. The molecular weight excluding hydrogens is 332 g/mol. The summed E-state index contributed by atoms with van der Waals surface area (Å²) >= 11 is 0. The zero-order valence-corrected chi connectivity index (χ0v) is 14.9. The number of benzene rings is 1. The topological polar surface area (TPSA) is 90.5 Å². The first-order valence-electron chi connectivity index (χ1n) is 9.35. The SMILES string of the molecule is O=C(NC(=O)C1CCNCC1)C(=O)Nc1ccc(N2CCCCC2)cc1. The molecule has 2 fully saturated rings. The molecule has 2 aliphatic rings. The molecule has 0 saturated carbocycles. The quantitative estimate of drug-likeness (QED) is 0.708. The fraction of sp³-hybridized carbons (Fsp3) is 0.526. The fourth-order valence-corrected chi connectivity index (χ4v) is 3.45. The molecule has 3 N–H and O–H groups in total. The Kier molecular flexibility index (Phi) is 6.22. The van der Waals surface area contributed by atoms with Gasteiger partial charge in [0.05, 0.1) is 0 Å². The lowest BCUT2D eigenvalue weighted by molar-refractivity contribution is -0.141. The summed E-state index contributed by atoms with van der Waals surface area (Å²) in [6.45, 7) is 3.60. The summed E-state index contributed by atoms with van der Waals surface area (Å²) < 4.78 is 0. The molecule has 0 atom stereocenters. The molecule has 7 heteroatoms. The Labute approximate surface area is 153 Å². The number of anilines is 2. The van der Waals surface area contributed by atoms with Gasteiger partial charge in [0.1, 0.15) is 0 Å². The zero-order chi connectivity index (χ0) is 18.4. The molecule has 140 valence electrons. The second-order valence-corrected chi connectivity index (χ2v) is 6.89. The maximum Gasteiger partial charge on any atom is 0.316 e. The smallest absolute Gasteiger partial charge is 0.316 e. The number of rotatable bonds is 3. The highest BCUT2D eigenvalue weighted by Gasteiger charge is 2.25. The molecule has 3 rings (SSSR count). The van der Waals surface area contributed by atoms with Crippen molar-refractivity contribution in [2.24, 2.45) is 5.92 Å². The van der Waals surface area contributed by atoms with Crippen molar-refractivity contribution in [3.63, 3.8) is 0 Å². The van der Waals surface area contributed by atoms with Crippen LogP contribution in [0, 0.1) is 5.92 Å². The van der Waals surface area contributed by atoms with Crippen LogP contribution in [0.1, 0.15) is 32.1 Å². The number of hydrogen-bond acceptors (Lipinski definition) is 5. The van der Waals surface area contributed by atoms with E-state index in [1.807, 2.05) is 12.1 Å². The lowest BCUT2D eigenvalue weighted by Gasteiger charge is -2.28. The molecule has 7 nitrogen and oxygen atoms in total. The average molecular weight is 358 g/mol. The Bertz CT molecular complexity index is 647. The van der Waals surface area contributed by atoms with Crippen molar-refractivity contribution in [2.45, 2.75) is 32.1 Å². The van der Waals surface area contributed by atoms with Gasteiger partial charge >= 0.3 is 11.8 Å². The Balaban J connectivity index is 1.50. The number of imide groups is 1. The van der Waals surface area contributed by atoms with Gasteiger partial charge in [0, 0.05) is 30.4 Å². The molecule has 2 heterocycles. The van der Waals surface area contributed by atoms with Crippen molar-refractivity contribution in [3.8, 4) is 0 Å². The van der Waals surface area contributed by atoms with E-state index >= 15 is 0 Å². The fourth-order valence-electron chi connectivity index (χ4n) is 3.45. The van der Waals surface area contributed by atoms with Gasteiger partial charge in [0.2, 0.25) is 5.91 Å². The van der Waals surface area contributed by atoms with Gasteiger partial charge in [0.25, 0.3) is 0 Å². The van der Waals surface area contributed by atoms with Crippen LogP contribution in [-0.4, -0.2) is 43.9 Å². The predicted molar refractivity (Wildman–Crippen MR) is 99.9 cm³/mol. The summed E-state index contributed by atoms with van der Waals surface area (Å²) in [6.07, 6.45) is 5.03. The van der Waals surface area contributed by atoms with Crippen LogP contribution in [0.4, 0.5) is 11.4 Å². The largest absolute Gasteiger partial charge is 0.372 e. The highest BCUT2D eigenvalue weighted by Crippen LogP contribution is 2.21. The lowest BCUT2D eigenvalue weighted by atomic mass is 9.97. The normalized spacial score (nSPS) is 18.2. The Morgan fingerprint density at radius 3 is 2.23 bits per heavy atom. The van der Waals surface area contributed by atoms with Crippen LogP contribution in [0.2, 0.25) is 0 Å². The summed E-state index contributed by atoms with van der Waals surface area (Å²) in [5.41, 5.74) is 1.66. The molecule has 0 spiro atoms. The number of carbonyl (C=O) groups excluding carboxylic acids is 3. The molecule has 0 aromatic heterocycles. The third-order valence-electron chi connectivity index (χ3n) is 5.00. The Hall–Kier alpha value is -2.41. The van der Waals surface area contributed by atoms with Crippen LogP contribution in [0.25, 0.3) is 0 Å². The van der Waals surface area contributed by atoms with Gasteiger partial charge in [0.15, 0.2) is 0 Å². The second kappa shape index (κ2) is 8.80. The second-order valence-electron chi connectivity index (χ2n) is 6.89. The van der Waals surface area contributed by atoms with Crippen LogP contribution in [-0.2, 0) is 14.4 Å². The van der Waals surface area contributed by atoms with Gasteiger partial charge in [-0.2, -0.15) is 0 Å². The third kappa shape index (κ3) is 4.82. The van der Waals surface area contributed by atoms with E-state index in [4.69, 9.17) is 0 Å². The minimum absolute atomic E-state index is 0.211. The third-order valence-corrected chi connectivity index (χ3v) is 5.00. The molecule has 0 unspecified atom stereocenters. The summed E-state index contributed by atoms with van der Waals surface area (Å²) in [5.74, 6) is -2.31. The molecule has 0 bridgehead atoms. The van der Waals surface area contributed by atoms with Crippen LogP contribution in [0.5, 0.6) is 0 Å². The summed E-state index contributed by atoms with van der Waals surface area (Å²) in [7, 11) is 0. The number of hydrogen-bond donors (Lipinski definition) is 3. The van der Waals surface area contributed by atoms with Crippen LogP contribution < -0.4 is 20.9 Å². The molecule has 2 saturated heterocycles. The number of carbonyl (C=O) groups is 3. The first kappa shape index (κ1) is 18.4. The van der Waals surface area contributed by atoms with Crippen LogP contribution in [0.15, 0.2) is 24.3 Å². The van der Waals surface area contributed by atoms with E-state index in [1.165, 1.54) is 19.3 Å². The number of nitrogens with one attached hydrogen (secondary N) is 3. The highest BCUT2D eigenvalue weighted by atomic mass is 16.2. The van der Waals surface area contributed by atoms with E-state index in [0.717, 1.165) is 31.9 Å². The van der Waals surface area contributed by atoms with Gasteiger partial charge in [-0.1, -0.05) is 0 Å². The van der Waals surface area contributed by atoms with Crippen molar-refractivity contribution in [1.82, 2.24) is 10.6 Å². The van der Waals surface area contributed by atoms with Gasteiger partial charge in [-0.05, 0) is 69.5 Å². The van der Waals surface area contributed by atoms with E-state index in [-0.39, 0.29) is 11.8 Å². The predicted octanol–water partition coefficient (Wildman–Crippen LogP) is 1.26. The summed E-state index contributed by atoms with van der Waals surface area (Å²) in [4.78, 5) is 38.3. The van der Waals surface area contributed by atoms with E-state index < -0.39 is 11.8 Å². The zero-order valence-electron chi connectivity index (χ0n) is 14.9.